The Labute approximate surface area is 134 Å². The van der Waals surface area contributed by atoms with E-state index in [4.69, 9.17) is 17.3 Å². The molecule has 1 aliphatic rings. The van der Waals surface area contributed by atoms with Gasteiger partial charge in [-0.15, -0.1) is 0 Å². The van der Waals surface area contributed by atoms with Crippen LogP contribution in [0.5, 0.6) is 0 Å². The maximum Gasteiger partial charge on any atom is 0.226 e. The van der Waals surface area contributed by atoms with Crippen molar-refractivity contribution in [2.24, 2.45) is 18.2 Å². The van der Waals surface area contributed by atoms with E-state index in [1.807, 2.05) is 43.7 Å². The van der Waals surface area contributed by atoms with E-state index in [9.17, 15) is 4.79 Å². The lowest BCUT2D eigenvalue weighted by atomic mass is 9.74. The van der Waals surface area contributed by atoms with Gasteiger partial charge in [-0.3, -0.25) is 14.4 Å². The van der Waals surface area contributed by atoms with Crippen LogP contribution in [0.3, 0.4) is 0 Å². The molecule has 0 atom stereocenters. The molecular formula is C16H19ClN4O. The van der Waals surface area contributed by atoms with Gasteiger partial charge in [-0.2, -0.15) is 5.10 Å². The lowest BCUT2D eigenvalue weighted by Crippen LogP contribution is -2.62. The van der Waals surface area contributed by atoms with Crippen LogP contribution in [0.4, 0.5) is 0 Å². The second-order valence-corrected chi connectivity index (χ2v) is 6.55. The molecule has 116 valence electrons. The molecule has 1 aliphatic heterocycles. The van der Waals surface area contributed by atoms with Crippen molar-refractivity contribution in [3.63, 3.8) is 0 Å². The maximum atomic E-state index is 11.9. The van der Waals surface area contributed by atoms with Crippen LogP contribution >= 0.6 is 11.6 Å². The van der Waals surface area contributed by atoms with Crippen molar-refractivity contribution in [3.05, 3.63) is 52.8 Å². The fraction of sp³-hybridized carbons (Fsp3) is 0.375. The fourth-order valence-electron chi connectivity index (χ4n) is 3.08. The zero-order valence-electron chi connectivity index (χ0n) is 12.5. The summed E-state index contributed by atoms with van der Waals surface area (Å²) >= 11 is 5.90. The summed E-state index contributed by atoms with van der Waals surface area (Å²) in [6, 6.07) is 7.60. The number of amides is 1. The predicted octanol–water partition coefficient (Wildman–Crippen LogP) is 1.60. The number of hydrogen-bond acceptors (Lipinski definition) is 3. The molecule has 0 spiro atoms. The highest BCUT2D eigenvalue weighted by molar-refractivity contribution is 6.30. The normalized spacial score (nSPS) is 17.2. The highest BCUT2D eigenvalue weighted by Gasteiger charge is 2.47. The van der Waals surface area contributed by atoms with Gasteiger partial charge in [0, 0.05) is 43.5 Å². The van der Waals surface area contributed by atoms with E-state index in [0.29, 0.717) is 24.5 Å². The molecule has 0 saturated carbocycles. The van der Waals surface area contributed by atoms with Crippen LogP contribution in [0.2, 0.25) is 5.02 Å². The average molecular weight is 319 g/mol. The smallest absolute Gasteiger partial charge is 0.226 e. The van der Waals surface area contributed by atoms with Crippen molar-refractivity contribution in [2.75, 3.05) is 13.1 Å². The predicted molar refractivity (Wildman–Crippen MR) is 85.3 cm³/mol. The van der Waals surface area contributed by atoms with Gasteiger partial charge in [-0.25, -0.2) is 0 Å². The van der Waals surface area contributed by atoms with Gasteiger partial charge in [-0.05, 0) is 24.1 Å². The molecule has 3 rings (SSSR count). The number of benzene rings is 1. The van der Waals surface area contributed by atoms with Crippen molar-refractivity contribution in [1.29, 1.82) is 0 Å². The maximum absolute atomic E-state index is 11.9. The van der Waals surface area contributed by atoms with Crippen molar-refractivity contribution < 1.29 is 4.79 Å². The Hall–Kier alpha value is -1.85. The molecule has 22 heavy (non-hydrogen) atoms. The Morgan fingerprint density at radius 3 is 2.55 bits per heavy atom. The molecule has 2 N–H and O–H groups in total. The number of nitrogens with two attached hydrogens (primary N) is 1. The first-order chi connectivity index (χ1) is 10.5. The summed E-state index contributed by atoms with van der Waals surface area (Å²) in [5.74, 6) is -0.232. The number of hydrogen-bond donors (Lipinski definition) is 1. The Balaban J connectivity index is 1.65. The van der Waals surface area contributed by atoms with Crippen LogP contribution in [-0.4, -0.2) is 33.7 Å². The second-order valence-electron chi connectivity index (χ2n) is 6.12. The highest BCUT2D eigenvalue weighted by atomic mass is 35.5. The highest BCUT2D eigenvalue weighted by Crippen LogP contribution is 2.35. The van der Waals surface area contributed by atoms with Gasteiger partial charge in [0.25, 0.3) is 0 Å². The van der Waals surface area contributed by atoms with E-state index >= 15 is 0 Å². The molecule has 0 unspecified atom stereocenters. The van der Waals surface area contributed by atoms with E-state index in [2.05, 4.69) is 10.00 Å². The van der Waals surface area contributed by atoms with E-state index in [1.54, 1.807) is 4.68 Å². The molecule has 1 aromatic heterocycles. The van der Waals surface area contributed by atoms with Gasteiger partial charge in [0.05, 0.1) is 11.6 Å². The molecule has 0 bridgehead atoms. The summed E-state index contributed by atoms with van der Waals surface area (Å²) in [4.78, 5) is 14.1. The molecule has 1 aromatic carbocycles. The summed E-state index contributed by atoms with van der Waals surface area (Å²) in [5, 5.41) is 4.86. The van der Waals surface area contributed by atoms with Gasteiger partial charge < -0.3 is 5.73 Å². The minimum Gasteiger partial charge on any atom is -0.369 e. The van der Waals surface area contributed by atoms with Gasteiger partial charge >= 0.3 is 0 Å². The molecule has 2 aromatic rings. The third-order valence-corrected chi connectivity index (χ3v) is 4.45. The second kappa shape index (κ2) is 5.74. The Kier molecular flexibility index (Phi) is 3.93. The molecule has 1 saturated heterocycles. The molecule has 0 radical (unpaired) electrons. The number of halogens is 1. The molecule has 1 fully saturated rings. The van der Waals surface area contributed by atoms with Gasteiger partial charge in [-0.1, -0.05) is 23.7 Å². The number of aromatic nitrogens is 2. The SMILES string of the molecule is Cn1cc(CN2CC(Cc3ccc(Cl)cc3)(C(N)=O)C2)cn1. The first kappa shape index (κ1) is 15.1. The lowest BCUT2D eigenvalue weighted by Gasteiger charge is -2.48. The number of primary amides is 1. The van der Waals surface area contributed by atoms with Crippen LogP contribution in [0.15, 0.2) is 36.7 Å². The van der Waals surface area contributed by atoms with Gasteiger partial charge in [0.1, 0.15) is 0 Å². The first-order valence-corrected chi connectivity index (χ1v) is 7.59. The van der Waals surface area contributed by atoms with Crippen molar-refractivity contribution in [1.82, 2.24) is 14.7 Å². The van der Waals surface area contributed by atoms with Gasteiger partial charge in [0.15, 0.2) is 0 Å². The largest absolute Gasteiger partial charge is 0.369 e. The molecule has 1 amide bonds. The summed E-state index contributed by atoms with van der Waals surface area (Å²) in [6.45, 7) is 2.16. The number of carbonyl (C=O) groups excluding carboxylic acids is 1. The van der Waals surface area contributed by atoms with E-state index in [1.165, 1.54) is 0 Å². The topological polar surface area (TPSA) is 64.2 Å². The van der Waals surface area contributed by atoms with E-state index < -0.39 is 5.41 Å². The minimum absolute atomic E-state index is 0.232. The first-order valence-electron chi connectivity index (χ1n) is 7.21. The van der Waals surface area contributed by atoms with Crippen molar-refractivity contribution in [2.45, 2.75) is 13.0 Å². The van der Waals surface area contributed by atoms with E-state index in [-0.39, 0.29) is 5.91 Å². The fourth-order valence-corrected chi connectivity index (χ4v) is 3.21. The quantitative estimate of drug-likeness (QED) is 0.911. The molecular weight excluding hydrogens is 300 g/mol. The standard InChI is InChI=1S/C16H19ClN4O/c1-20-8-13(7-19-20)9-21-10-16(11-21,15(18)22)6-12-2-4-14(17)5-3-12/h2-5,7-8H,6,9-11H2,1H3,(H2,18,22). The molecule has 5 nitrogen and oxygen atoms in total. The summed E-state index contributed by atoms with van der Waals surface area (Å²) < 4.78 is 1.78. The average Bonchev–Trinajstić information content (AvgIpc) is 2.83. The van der Waals surface area contributed by atoms with Crippen LogP contribution in [-0.2, 0) is 24.8 Å². The van der Waals surface area contributed by atoms with E-state index in [0.717, 1.165) is 17.7 Å². The van der Waals surface area contributed by atoms with Gasteiger partial charge in [0.2, 0.25) is 5.91 Å². The number of nitrogens with zero attached hydrogens (tertiary/aromatic N) is 3. The molecule has 0 aliphatic carbocycles. The van der Waals surface area contributed by atoms with Crippen molar-refractivity contribution in [3.8, 4) is 0 Å². The van der Waals surface area contributed by atoms with Crippen LogP contribution in [0, 0.1) is 5.41 Å². The summed E-state index contributed by atoms with van der Waals surface area (Å²) in [7, 11) is 1.90. The van der Waals surface area contributed by atoms with Crippen LogP contribution in [0.1, 0.15) is 11.1 Å². The lowest BCUT2D eigenvalue weighted by molar-refractivity contribution is -0.138. The summed E-state index contributed by atoms with van der Waals surface area (Å²) in [5.41, 5.74) is 7.42. The Bertz CT molecular complexity index is 674. The third kappa shape index (κ3) is 3.00. The zero-order chi connectivity index (χ0) is 15.7. The third-order valence-electron chi connectivity index (χ3n) is 4.20. The minimum atomic E-state index is -0.476. The monoisotopic (exact) mass is 318 g/mol. The number of aryl methyl sites for hydroxylation is 1. The van der Waals surface area contributed by atoms with Crippen molar-refractivity contribution >= 4 is 17.5 Å². The number of carbonyl (C=O) groups is 1. The molecule has 2 heterocycles. The Morgan fingerprint density at radius 2 is 2.00 bits per heavy atom. The summed E-state index contributed by atoms with van der Waals surface area (Å²) in [6.07, 6.45) is 4.50. The number of rotatable bonds is 5. The van der Waals surface area contributed by atoms with Crippen LogP contribution in [0.25, 0.3) is 0 Å². The Morgan fingerprint density at radius 1 is 1.32 bits per heavy atom. The zero-order valence-corrected chi connectivity index (χ0v) is 13.3. The molecule has 6 heteroatoms. The van der Waals surface area contributed by atoms with Crippen LogP contribution < -0.4 is 5.73 Å². The number of likely N-dealkylation sites (tertiary alicyclic amines) is 1.